The van der Waals surface area contributed by atoms with Gasteiger partial charge in [-0.05, 0) is 12.8 Å². The lowest BCUT2D eigenvalue weighted by molar-refractivity contribution is 0.607. The van der Waals surface area contributed by atoms with Crippen LogP contribution in [0.2, 0.25) is 0 Å². The Kier molecular flexibility index (Phi) is 7.90. The molecule has 0 rings (SSSR count). The molecule has 0 fully saturated rings. The number of hydrogen-bond donors (Lipinski definition) is 0. The highest BCUT2D eigenvalue weighted by molar-refractivity contribution is 5.05. The summed E-state index contributed by atoms with van der Waals surface area (Å²) < 4.78 is 0. The first-order valence-corrected chi connectivity index (χ1v) is 5.71. The molecule has 0 aliphatic rings. The van der Waals surface area contributed by atoms with Crippen molar-refractivity contribution in [3.8, 4) is 11.8 Å². The molecule has 0 saturated heterocycles. The first kappa shape index (κ1) is 12.6. The van der Waals surface area contributed by atoms with Crippen LogP contribution in [-0.2, 0) is 0 Å². The second-order valence-electron chi connectivity index (χ2n) is 4.02. The molecule has 0 spiro atoms. The van der Waals surface area contributed by atoms with Crippen molar-refractivity contribution in [3.63, 3.8) is 0 Å². The van der Waals surface area contributed by atoms with Gasteiger partial charge in [-0.3, -0.25) is 0 Å². The van der Waals surface area contributed by atoms with E-state index in [1.807, 2.05) is 0 Å². The van der Waals surface area contributed by atoms with Gasteiger partial charge < -0.3 is 0 Å². The first-order chi connectivity index (χ1) is 6.20. The molecule has 2 unspecified atom stereocenters. The second kappa shape index (κ2) is 8.17. The molecule has 13 heavy (non-hydrogen) atoms. The smallest absolute Gasteiger partial charge is 0.0174 e. The van der Waals surface area contributed by atoms with E-state index in [4.69, 9.17) is 0 Å². The van der Waals surface area contributed by atoms with Gasteiger partial charge in [-0.1, -0.05) is 58.8 Å². The molecule has 0 amide bonds. The van der Waals surface area contributed by atoms with Crippen molar-refractivity contribution in [2.45, 2.75) is 59.8 Å². The number of unbranched alkanes of at least 4 members (excludes halogenated alkanes) is 1. The van der Waals surface area contributed by atoms with Gasteiger partial charge >= 0.3 is 0 Å². The second-order valence-corrected chi connectivity index (χ2v) is 4.02. The highest BCUT2D eigenvalue weighted by Crippen LogP contribution is 2.08. The molecular formula is C13H24. The molecule has 0 nitrogen and oxygen atoms in total. The van der Waals surface area contributed by atoms with Gasteiger partial charge in [-0.25, -0.2) is 0 Å². The topological polar surface area (TPSA) is 0 Å². The molecule has 0 aliphatic carbocycles. The van der Waals surface area contributed by atoms with E-state index in [-0.39, 0.29) is 0 Å². The molecule has 0 aromatic heterocycles. The Hall–Kier alpha value is -0.440. The van der Waals surface area contributed by atoms with Crippen molar-refractivity contribution >= 4 is 0 Å². The molecule has 0 radical (unpaired) electrons. The summed E-state index contributed by atoms with van der Waals surface area (Å²) in [6.45, 7) is 8.92. The summed E-state index contributed by atoms with van der Waals surface area (Å²) in [6.07, 6.45) is 6.36. The zero-order valence-corrected chi connectivity index (χ0v) is 9.69. The highest BCUT2D eigenvalue weighted by Gasteiger charge is 1.97. The molecule has 0 N–H and O–H groups in total. The average Bonchev–Trinajstić information content (AvgIpc) is 2.12. The van der Waals surface area contributed by atoms with Gasteiger partial charge in [0.1, 0.15) is 0 Å². The Morgan fingerprint density at radius 1 is 0.846 bits per heavy atom. The van der Waals surface area contributed by atoms with Crippen molar-refractivity contribution in [2.24, 2.45) is 11.8 Å². The fourth-order valence-electron chi connectivity index (χ4n) is 1.37. The summed E-state index contributed by atoms with van der Waals surface area (Å²) in [4.78, 5) is 0. The lowest BCUT2D eigenvalue weighted by Crippen LogP contribution is -1.93. The predicted octanol–water partition coefficient (Wildman–Crippen LogP) is 4.25. The van der Waals surface area contributed by atoms with E-state index >= 15 is 0 Å². The Balaban J connectivity index is 3.66. The average molecular weight is 180 g/mol. The molecule has 0 heteroatoms. The van der Waals surface area contributed by atoms with Gasteiger partial charge in [0.25, 0.3) is 0 Å². The zero-order chi connectivity index (χ0) is 10.1. The van der Waals surface area contributed by atoms with Gasteiger partial charge in [0, 0.05) is 11.8 Å². The zero-order valence-electron chi connectivity index (χ0n) is 9.69. The summed E-state index contributed by atoms with van der Waals surface area (Å²) in [6, 6.07) is 0. The summed E-state index contributed by atoms with van der Waals surface area (Å²) in [5.41, 5.74) is 0. The fraction of sp³-hybridized carbons (Fsp3) is 0.846. The number of rotatable bonds is 5. The summed E-state index contributed by atoms with van der Waals surface area (Å²) in [7, 11) is 0. The largest absolute Gasteiger partial charge is 0.0999 e. The van der Waals surface area contributed by atoms with Crippen LogP contribution in [0, 0.1) is 23.7 Å². The third-order valence-corrected chi connectivity index (χ3v) is 2.29. The van der Waals surface area contributed by atoms with Crippen molar-refractivity contribution < 1.29 is 0 Å². The third kappa shape index (κ3) is 7.91. The lowest BCUT2D eigenvalue weighted by atomic mass is 10.0. The Morgan fingerprint density at radius 2 is 1.38 bits per heavy atom. The normalized spacial score (nSPS) is 14.5. The predicted molar refractivity (Wildman–Crippen MR) is 60.5 cm³/mol. The molecular weight excluding hydrogens is 156 g/mol. The van der Waals surface area contributed by atoms with Gasteiger partial charge in [-0.2, -0.15) is 0 Å². The molecule has 0 aromatic carbocycles. The SMILES string of the molecule is CCCCC(C)C#CC(C)CCC. The van der Waals surface area contributed by atoms with Gasteiger partial charge in [0.15, 0.2) is 0 Å². The summed E-state index contributed by atoms with van der Waals surface area (Å²) in [5.74, 6) is 7.88. The molecule has 0 aliphatic heterocycles. The van der Waals surface area contributed by atoms with E-state index in [0.29, 0.717) is 11.8 Å². The van der Waals surface area contributed by atoms with E-state index in [0.717, 1.165) is 0 Å². The van der Waals surface area contributed by atoms with E-state index in [2.05, 4.69) is 39.5 Å². The van der Waals surface area contributed by atoms with Gasteiger partial charge in [-0.15, -0.1) is 0 Å². The van der Waals surface area contributed by atoms with Gasteiger partial charge in [0.2, 0.25) is 0 Å². The quantitative estimate of drug-likeness (QED) is 0.555. The van der Waals surface area contributed by atoms with E-state index < -0.39 is 0 Å². The lowest BCUT2D eigenvalue weighted by Gasteiger charge is -2.03. The van der Waals surface area contributed by atoms with Crippen LogP contribution in [-0.4, -0.2) is 0 Å². The number of hydrogen-bond acceptors (Lipinski definition) is 0. The van der Waals surface area contributed by atoms with Crippen LogP contribution >= 0.6 is 0 Å². The maximum absolute atomic E-state index is 3.35. The Bertz CT molecular complexity index is 159. The van der Waals surface area contributed by atoms with Crippen LogP contribution < -0.4 is 0 Å². The Labute approximate surface area is 84.1 Å². The summed E-state index contributed by atoms with van der Waals surface area (Å²) >= 11 is 0. The first-order valence-electron chi connectivity index (χ1n) is 5.71. The van der Waals surface area contributed by atoms with Crippen LogP contribution in [0.25, 0.3) is 0 Å². The minimum Gasteiger partial charge on any atom is -0.0999 e. The van der Waals surface area contributed by atoms with Crippen LogP contribution in [0.4, 0.5) is 0 Å². The fourth-order valence-corrected chi connectivity index (χ4v) is 1.37. The van der Waals surface area contributed by atoms with Crippen LogP contribution in [0.3, 0.4) is 0 Å². The van der Waals surface area contributed by atoms with Crippen LogP contribution in [0.5, 0.6) is 0 Å². The highest BCUT2D eigenvalue weighted by atomic mass is 14.0. The minimum atomic E-state index is 0.592. The molecule has 2 atom stereocenters. The summed E-state index contributed by atoms with van der Waals surface area (Å²) in [5, 5.41) is 0. The van der Waals surface area contributed by atoms with Crippen molar-refractivity contribution in [2.75, 3.05) is 0 Å². The molecule has 76 valence electrons. The maximum Gasteiger partial charge on any atom is 0.0174 e. The third-order valence-electron chi connectivity index (χ3n) is 2.29. The van der Waals surface area contributed by atoms with E-state index in [9.17, 15) is 0 Å². The van der Waals surface area contributed by atoms with Crippen molar-refractivity contribution in [1.82, 2.24) is 0 Å². The molecule has 0 saturated carbocycles. The van der Waals surface area contributed by atoms with E-state index in [1.165, 1.54) is 32.1 Å². The van der Waals surface area contributed by atoms with Gasteiger partial charge in [0.05, 0.1) is 0 Å². The monoisotopic (exact) mass is 180 g/mol. The molecule has 0 bridgehead atoms. The van der Waals surface area contributed by atoms with Crippen LogP contribution in [0.15, 0.2) is 0 Å². The van der Waals surface area contributed by atoms with Crippen molar-refractivity contribution in [1.29, 1.82) is 0 Å². The molecule has 0 aromatic rings. The van der Waals surface area contributed by atoms with E-state index in [1.54, 1.807) is 0 Å². The standard InChI is InChI=1S/C13H24/c1-5-7-9-13(4)11-10-12(3)8-6-2/h12-13H,5-9H2,1-4H3. The Morgan fingerprint density at radius 3 is 1.85 bits per heavy atom. The molecule has 0 heterocycles. The minimum absolute atomic E-state index is 0.592. The van der Waals surface area contributed by atoms with Crippen molar-refractivity contribution in [3.05, 3.63) is 0 Å². The van der Waals surface area contributed by atoms with Crippen LogP contribution in [0.1, 0.15) is 59.8 Å². The maximum atomic E-state index is 3.35.